The van der Waals surface area contributed by atoms with E-state index in [-0.39, 0.29) is 10.6 Å². The number of hydrogen-bond donors (Lipinski definition) is 1. The Kier molecular flexibility index (Phi) is 5.64. The summed E-state index contributed by atoms with van der Waals surface area (Å²) in [6.45, 7) is 0. The number of rotatable bonds is 2. The van der Waals surface area contributed by atoms with Gasteiger partial charge >= 0.3 is 0 Å². The summed E-state index contributed by atoms with van der Waals surface area (Å²) in [5, 5.41) is 1.13. The molecule has 0 radical (unpaired) electrons. The summed E-state index contributed by atoms with van der Waals surface area (Å²) >= 11 is 13.3. The molecule has 7 heteroatoms. The van der Waals surface area contributed by atoms with Crippen LogP contribution in [0.25, 0.3) is 33.8 Å². The lowest BCUT2D eigenvalue weighted by atomic mass is 10.1. The second-order valence-corrected chi connectivity index (χ2v) is 8.91. The van der Waals surface area contributed by atoms with Crippen molar-refractivity contribution in [3.05, 3.63) is 97.8 Å². The smallest absolute Gasteiger partial charge is 0.170 e. The molecule has 2 heterocycles. The Balaban J connectivity index is 1.57. The van der Waals surface area contributed by atoms with Crippen LogP contribution in [0.15, 0.2) is 80.2 Å². The lowest BCUT2D eigenvalue weighted by molar-refractivity contribution is 0.626. The monoisotopic (exact) mass is 568 g/mol. The molecule has 0 aliphatic heterocycles. The van der Waals surface area contributed by atoms with E-state index < -0.39 is 5.82 Å². The van der Waals surface area contributed by atoms with Gasteiger partial charge in [-0.15, -0.1) is 0 Å². The van der Waals surface area contributed by atoms with Crippen molar-refractivity contribution in [2.45, 2.75) is 0 Å². The van der Waals surface area contributed by atoms with E-state index in [1.165, 1.54) is 6.07 Å². The van der Waals surface area contributed by atoms with Gasteiger partial charge in [0.2, 0.25) is 0 Å². The van der Waals surface area contributed by atoms with Gasteiger partial charge in [0, 0.05) is 16.5 Å². The van der Waals surface area contributed by atoms with E-state index >= 15 is 0 Å². The summed E-state index contributed by atoms with van der Waals surface area (Å²) in [6.07, 6.45) is 0. The molecule has 0 saturated carbocycles. The Labute approximate surface area is 204 Å². The number of nitrogens with zero attached hydrogens (tertiary/aromatic N) is 1. The molecule has 5 aromatic rings. The zero-order valence-corrected chi connectivity index (χ0v) is 20.1. The highest BCUT2D eigenvalue weighted by Gasteiger charge is 2.22. The largest absolute Gasteiger partial charge is 0.453 e. The first-order chi connectivity index (χ1) is 15.5. The van der Waals surface area contributed by atoms with Crippen molar-refractivity contribution < 1.29 is 8.81 Å². The Morgan fingerprint density at radius 2 is 1.72 bits per heavy atom. The first-order valence-corrected chi connectivity index (χ1v) is 11.5. The van der Waals surface area contributed by atoms with Gasteiger partial charge in [-0.2, -0.15) is 0 Å². The molecule has 2 aromatic heterocycles. The molecule has 0 unspecified atom stereocenters. The predicted octanol–water partition coefficient (Wildman–Crippen LogP) is 8.21. The van der Waals surface area contributed by atoms with Gasteiger partial charge in [0.15, 0.2) is 5.76 Å². The number of fused-ring (bicyclic) bond motifs is 1. The molecule has 0 aliphatic carbocycles. The fourth-order valence-corrected chi connectivity index (χ4v) is 4.60. The third kappa shape index (κ3) is 3.88. The minimum Gasteiger partial charge on any atom is -0.453 e. The van der Waals surface area contributed by atoms with E-state index in [1.807, 2.05) is 48.5 Å². The summed E-state index contributed by atoms with van der Waals surface area (Å²) in [5.74, 6) is 6.68. The summed E-state index contributed by atoms with van der Waals surface area (Å²) in [7, 11) is 0. The minimum absolute atomic E-state index is 0.201. The lowest BCUT2D eigenvalue weighted by Gasteiger charge is -2.01. The second kappa shape index (κ2) is 8.59. The highest BCUT2D eigenvalue weighted by atomic mass is 79.9. The Morgan fingerprint density at radius 1 is 0.938 bits per heavy atom. The van der Waals surface area contributed by atoms with Crippen molar-refractivity contribution in [3.8, 4) is 34.7 Å². The van der Waals surface area contributed by atoms with Crippen molar-refractivity contribution in [1.29, 1.82) is 0 Å². The standard InChI is InChI=1S/C25H12Br2ClFN2O/c26-21-16-13-15(10-9-14-5-2-1-3-6-14)11-12-19(16)32-23(21)22-24(27)31-25(30-22)20-17(28)7-4-8-18(20)29/h1-8,11-13H,(H,30,31). The van der Waals surface area contributed by atoms with Crippen LogP contribution in [0.5, 0.6) is 0 Å². The van der Waals surface area contributed by atoms with E-state index in [4.69, 9.17) is 16.0 Å². The average Bonchev–Trinajstić information content (AvgIpc) is 3.32. The second-order valence-electron chi connectivity index (χ2n) is 6.92. The van der Waals surface area contributed by atoms with Gasteiger partial charge in [-0.1, -0.05) is 47.7 Å². The van der Waals surface area contributed by atoms with E-state index in [0.717, 1.165) is 21.0 Å². The maximum Gasteiger partial charge on any atom is 0.170 e. The van der Waals surface area contributed by atoms with Gasteiger partial charge < -0.3 is 9.40 Å². The topological polar surface area (TPSA) is 41.8 Å². The Bertz CT molecular complexity index is 1510. The Hall–Kier alpha value is -2.85. The van der Waals surface area contributed by atoms with Gasteiger partial charge in [0.25, 0.3) is 0 Å². The van der Waals surface area contributed by atoms with E-state index in [1.54, 1.807) is 12.1 Å². The van der Waals surface area contributed by atoms with Crippen LogP contribution in [0.3, 0.4) is 0 Å². The summed E-state index contributed by atoms with van der Waals surface area (Å²) in [4.78, 5) is 7.59. The number of aromatic nitrogens is 2. The fraction of sp³-hybridized carbons (Fsp3) is 0. The van der Waals surface area contributed by atoms with E-state index in [2.05, 4.69) is 53.7 Å². The van der Waals surface area contributed by atoms with Crippen molar-refractivity contribution in [2.75, 3.05) is 0 Å². The zero-order valence-electron chi connectivity index (χ0n) is 16.2. The minimum atomic E-state index is -0.462. The lowest BCUT2D eigenvalue weighted by Crippen LogP contribution is -1.87. The zero-order chi connectivity index (χ0) is 22.2. The van der Waals surface area contributed by atoms with Crippen molar-refractivity contribution in [3.63, 3.8) is 0 Å². The van der Waals surface area contributed by atoms with Crippen molar-refractivity contribution >= 4 is 54.4 Å². The average molecular weight is 571 g/mol. The van der Waals surface area contributed by atoms with E-state index in [0.29, 0.717) is 27.5 Å². The molecule has 0 bridgehead atoms. The molecule has 0 spiro atoms. The maximum atomic E-state index is 14.4. The fourth-order valence-electron chi connectivity index (χ4n) is 3.31. The van der Waals surface area contributed by atoms with Gasteiger partial charge in [0.05, 0.1) is 15.1 Å². The Morgan fingerprint density at radius 3 is 2.50 bits per heavy atom. The molecule has 0 atom stereocenters. The van der Waals surface area contributed by atoms with Crippen molar-refractivity contribution in [1.82, 2.24) is 9.97 Å². The molecular formula is C25H12Br2ClFN2O. The highest BCUT2D eigenvalue weighted by molar-refractivity contribution is 9.11. The van der Waals surface area contributed by atoms with Crippen LogP contribution in [0.2, 0.25) is 5.02 Å². The predicted molar refractivity (Wildman–Crippen MR) is 132 cm³/mol. The SMILES string of the molecule is Fc1cccc(Cl)c1-c1nc(-c2oc3ccc(C#Cc4ccccc4)cc3c2Br)c(Br)[nH]1. The molecule has 3 nitrogen and oxygen atoms in total. The number of benzene rings is 3. The van der Waals surface area contributed by atoms with Crippen molar-refractivity contribution in [2.24, 2.45) is 0 Å². The number of aromatic amines is 1. The molecule has 5 rings (SSSR count). The number of halogens is 4. The molecule has 0 aliphatic rings. The van der Waals surface area contributed by atoms with Gasteiger partial charge in [-0.3, -0.25) is 0 Å². The molecule has 156 valence electrons. The van der Waals surface area contributed by atoms with E-state index in [9.17, 15) is 4.39 Å². The number of nitrogens with one attached hydrogen (secondary N) is 1. The molecule has 1 N–H and O–H groups in total. The van der Waals surface area contributed by atoms with Gasteiger partial charge in [0.1, 0.15) is 27.5 Å². The highest BCUT2D eigenvalue weighted by Crippen LogP contribution is 2.41. The first-order valence-electron chi connectivity index (χ1n) is 9.50. The molecule has 0 amide bonds. The summed E-state index contributed by atoms with van der Waals surface area (Å²) in [6, 6.07) is 20.0. The van der Waals surface area contributed by atoms with Crippen LogP contribution in [-0.2, 0) is 0 Å². The number of H-pyrrole nitrogens is 1. The quantitative estimate of drug-likeness (QED) is 0.217. The molecule has 0 fully saturated rings. The first kappa shape index (κ1) is 21.0. The molecule has 3 aromatic carbocycles. The van der Waals surface area contributed by atoms with Crippen LogP contribution < -0.4 is 0 Å². The normalized spacial score (nSPS) is 10.9. The van der Waals surface area contributed by atoms with Gasteiger partial charge in [-0.05, 0) is 74.3 Å². The molecule has 32 heavy (non-hydrogen) atoms. The molecular weight excluding hydrogens is 559 g/mol. The van der Waals surface area contributed by atoms with Crippen LogP contribution in [0, 0.1) is 17.7 Å². The summed E-state index contributed by atoms with van der Waals surface area (Å²) in [5.41, 5.74) is 3.18. The van der Waals surface area contributed by atoms with Crippen LogP contribution in [-0.4, -0.2) is 9.97 Å². The summed E-state index contributed by atoms with van der Waals surface area (Å²) < 4.78 is 21.7. The maximum absolute atomic E-state index is 14.4. The number of furan rings is 1. The third-order valence-electron chi connectivity index (χ3n) is 4.83. The third-order valence-corrected chi connectivity index (χ3v) is 6.50. The molecule has 0 saturated heterocycles. The number of imidazole rings is 1. The van der Waals surface area contributed by atoms with Crippen LogP contribution >= 0.6 is 43.5 Å². The van der Waals surface area contributed by atoms with Crippen LogP contribution in [0.4, 0.5) is 4.39 Å². The van der Waals surface area contributed by atoms with Gasteiger partial charge in [-0.25, -0.2) is 9.37 Å². The van der Waals surface area contributed by atoms with Crippen LogP contribution in [0.1, 0.15) is 11.1 Å². The number of hydrogen-bond acceptors (Lipinski definition) is 2.